The molecule has 2 atom stereocenters. The van der Waals surface area contributed by atoms with Crippen molar-refractivity contribution in [2.45, 2.75) is 25.8 Å². The molecule has 1 aromatic carbocycles. The van der Waals surface area contributed by atoms with Crippen LogP contribution in [0.4, 0.5) is 0 Å². The van der Waals surface area contributed by atoms with Crippen LogP contribution in [0.25, 0.3) is 0 Å². The fourth-order valence-electron chi connectivity index (χ4n) is 2.48. The SMILES string of the molecule is COc1cccc(C(=O)NC(C)C2CCCNC2)c1. The van der Waals surface area contributed by atoms with Gasteiger partial charge in [-0.15, -0.1) is 0 Å². The highest BCUT2D eigenvalue weighted by Crippen LogP contribution is 2.16. The van der Waals surface area contributed by atoms with Gasteiger partial charge in [-0.05, 0) is 57.0 Å². The molecule has 0 spiro atoms. The van der Waals surface area contributed by atoms with E-state index in [2.05, 4.69) is 17.6 Å². The van der Waals surface area contributed by atoms with E-state index in [1.165, 1.54) is 12.8 Å². The van der Waals surface area contributed by atoms with Gasteiger partial charge < -0.3 is 15.4 Å². The molecule has 4 nitrogen and oxygen atoms in total. The van der Waals surface area contributed by atoms with Gasteiger partial charge in [0, 0.05) is 11.6 Å². The van der Waals surface area contributed by atoms with Gasteiger partial charge in [0.15, 0.2) is 0 Å². The summed E-state index contributed by atoms with van der Waals surface area (Å²) in [5, 5.41) is 6.46. The van der Waals surface area contributed by atoms with Crippen LogP contribution in [0.3, 0.4) is 0 Å². The third-order valence-corrected chi connectivity index (χ3v) is 3.73. The zero-order chi connectivity index (χ0) is 13.7. The number of methoxy groups -OCH3 is 1. The topological polar surface area (TPSA) is 50.4 Å². The fraction of sp³-hybridized carbons (Fsp3) is 0.533. The van der Waals surface area contributed by atoms with Gasteiger partial charge in [-0.25, -0.2) is 0 Å². The van der Waals surface area contributed by atoms with Gasteiger partial charge >= 0.3 is 0 Å². The van der Waals surface area contributed by atoms with E-state index in [0.717, 1.165) is 13.1 Å². The minimum absolute atomic E-state index is 0.0306. The van der Waals surface area contributed by atoms with Gasteiger partial charge in [0.25, 0.3) is 5.91 Å². The first-order valence-corrected chi connectivity index (χ1v) is 6.86. The van der Waals surface area contributed by atoms with Crippen LogP contribution >= 0.6 is 0 Å². The smallest absolute Gasteiger partial charge is 0.251 e. The van der Waals surface area contributed by atoms with Crippen LogP contribution in [-0.2, 0) is 0 Å². The summed E-state index contributed by atoms with van der Waals surface area (Å²) < 4.78 is 5.14. The standard InChI is InChI=1S/C15H22N2O2/c1-11(13-6-4-8-16-10-13)17-15(18)12-5-3-7-14(9-12)19-2/h3,5,7,9,11,13,16H,4,6,8,10H2,1-2H3,(H,17,18). The quantitative estimate of drug-likeness (QED) is 0.870. The molecule has 4 heteroatoms. The zero-order valence-electron chi connectivity index (χ0n) is 11.6. The highest BCUT2D eigenvalue weighted by Gasteiger charge is 2.21. The molecule has 0 saturated carbocycles. The average Bonchev–Trinajstić information content (AvgIpc) is 2.48. The molecule has 1 aliphatic rings. The Morgan fingerprint density at radius 3 is 3.05 bits per heavy atom. The largest absolute Gasteiger partial charge is 0.497 e. The molecule has 1 aromatic rings. The van der Waals surface area contributed by atoms with E-state index in [-0.39, 0.29) is 11.9 Å². The number of carbonyl (C=O) groups is 1. The van der Waals surface area contributed by atoms with Gasteiger partial charge in [0.05, 0.1) is 7.11 Å². The first-order valence-electron chi connectivity index (χ1n) is 6.86. The predicted octanol–water partition coefficient (Wildman–Crippen LogP) is 1.81. The van der Waals surface area contributed by atoms with E-state index in [0.29, 0.717) is 17.2 Å². The maximum atomic E-state index is 12.2. The number of carbonyl (C=O) groups excluding carboxylic acids is 1. The summed E-state index contributed by atoms with van der Waals surface area (Å²) in [6.07, 6.45) is 2.36. The lowest BCUT2D eigenvalue weighted by atomic mass is 9.92. The second-order valence-corrected chi connectivity index (χ2v) is 5.10. The van der Waals surface area contributed by atoms with E-state index in [4.69, 9.17) is 4.74 Å². The molecule has 0 aliphatic carbocycles. The van der Waals surface area contributed by atoms with Crippen LogP contribution in [0, 0.1) is 5.92 Å². The molecule has 1 saturated heterocycles. The molecular formula is C15H22N2O2. The van der Waals surface area contributed by atoms with Crippen LogP contribution in [0.5, 0.6) is 5.75 Å². The summed E-state index contributed by atoms with van der Waals surface area (Å²) in [4.78, 5) is 12.2. The molecule has 1 fully saturated rings. The Hall–Kier alpha value is -1.55. The summed E-state index contributed by atoms with van der Waals surface area (Å²) in [6, 6.07) is 7.43. The molecule has 0 radical (unpaired) electrons. The van der Waals surface area contributed by atoms with Gasteiger partial charge in [-0.1, -0.05) is 6.07 Å². The maximum absolute atomic E-state index is 12.2. The van der Waals surface area contributed by atoms with E-state index >= 15 is 0 Å². The molecule has 1 amide bonds. The Bertz CT molecular complexity index is 428. The van der Waals surface area contributed by atoms with Gasteiger partial charge in [-0.2, -0.15) is 0 Å². The van der Waals surface area contributed by atoms with Crippen molar-refractivity contribution in [1.82, 2.24) is 10.6 Å². The summed E-state index contributed by atoms with van der Waals surface area (Å²) in [5.74, 6) is 1.19. The summed E-state index contributed by atoms with van der Waals surface area (Å²) >= 11 is 0. The Kier molecular flexibility index (Phi) is 4.80. The summed E-state index contributed by atoms with van der Waals surface area (Å²) in [7, 11) is 1.60. The third kappa shape index (κ3) is 3.70. The molecule has 1 aliphatic heterocycles. The van der Waals surface area contributed by atoms with E-state index in [9.17, 15) is 4.79 Å². The van der Waals surface area contributed by atoms with Gasteiger partial charge in [0.1, 0.15) is 5.75 Å². The first-order chi connectivity index (χ1) is 9.20. The maximum Gasteiger partial charge on any atom is 0.251 e. The lowest BCUT2D eigenvalue weighted by Gasteiger charge is -2.29. The number of nitrogens with one attached hydrogen (secondary N) is 2. The Morgan fingerprint density at radius 1 is 1.53 bits per heavy atom. The Morgan fingerprint density at radius 2 is 2.37 bits per heavy atom. The van der Waals surface area contributed by atoms with E-state index in [1.807, 2.05) is 18.2 Å². The van der Waals surface area contributed by atoms with Crippen LogP contribution in [-0.4, -0.2) is 32.1 Å². The molecule has 2 rings (SSSR count). The number of amides is 1. The van der Waals surface area contributed by atoms with Crippen molar-refractivity contribution in [3.8, 4) is 5.75 Å². The summed E-state index contributed by atoms with van der Waals surface area (Å²) in [6.45, 7) is 4.16. The number of hydrogen-bond acceptors (Lipinski definition) is 3. The fourth-order valence-corrected chi connectivity index (χ4v) is 2.48. The van der Waals surface area contributed by atoms with Crippen LogP contribution in [0.2, 0.25) is 0 Å². The monoisotopic (exact) mass is 262 g/mol. The van der Waals surface area contributed by atoms with E-state index < -0.39 is 0 Å². The van der Waals surface area contributed by atoms with Crippen molar-refractivity contribution in [2.75, 3.05) is 20.2 Å². The summed E-state index contributed by atoms with van der Waals surface area (Å²) in [5.41, 5.74) is 0.648. The number of piperidine rings is 1. The third-order valence-electron chi connectivity index (χ3n) is 3.73. The number of ether oxygens (including phenoxy) is 1. The predicted molar refractivity (Wildman–Crippen MR) is 75.5 cm³/mol. The molecule has 0 bridgehead atoms. The number of hydrogen-bond donors (Lipinski definition) is 2. The molecule has 1 heterocycles. The minimum Gasteiger partial charge on any atom is -0.497 e. The van der Waals surface area contributed by atoms with Gasteiger partial charge in [0.2, 0.25) is 0 Å². The second-order valence-electron chi connectivity index (χ2n) is 5.10. The van der Waals surface area contributed by atoms with Crippen molar-refractivity contribution in [3.05, 3.63) is 29.8 Å². The van der Waals surface area contributed by atoms with Crippen molar-refractivity contribution in [2.24, 2.45) is 5.92 Å². The molecule has 0 aromatic heterocycles. The number of benzene rings is 1. The Balaban J connectivity index is 1.95. The van der Waals surface area contributed by atoms with Crippen LogP contribution < -0.4 is 15.4 Å². The Labute approximate surface area is 114 Å². The van der Waals surface area contributed by atoms with Crippen LogP contribution in [0.15, 0.2) is 24.3 Å². The highest BCUT2D eigenvalue weighted by molar-refractivity contribution is 5.94. The molecular weight excluding hydrogens is 240 g/mol. The van der Waals surface area contributed by atoms with E-state index in [1.54, 1.807) is 13.2 Å². The average molecular weight is 262 g/mol. The molecule has 104 valence electrons. The molecule has 19 heavy (non-hydrogen) atoms. The normalized spacial score (nSPS) is 20.6. The molecule has 2 unspecified atom stereocenters. The highest BCUT2D eigenvalue weighted by atomic mass is 16.5. The van der Waals surface area contributed by atoms with Crippen molar-refractivity contribution in [1.29, 1.82) is 0 Å². The van der Waals surface area contributed by atoms with Crippen LogP contribution in [0.1, 0.15) is 30.1 Å². The first kappa shape index (κ1) is 13.9. The van der Waals surface area contributed by atoms with Crippen molar-refractivity contribution >= 4 is 5.91 Å². The van der Waals surface area contributed by atoms with Crippen molar-refractivity contribution < 1.29 is 9.53 Å². The lowest BCUT2D eigenvalue weighted by Crippen LogP contribution is -2.44. The van der Waals surface area contributed by atoms with Crippen molar-refractivity contribution in [3.63, 3.8) is 0 Å². The molecule has 2 N–H and O–H groups in total. The number of rotatable bonds is 4. The second kappa shape index (κ2) is 6.57. The lowest BCUT2D eigenvalue weighted by molar-refractivity contribution is 0.0921. The van der Waals surface area contributed by atoms with Gasteiger partial charge in [-0.3, -0.25) is 4.79 Å². The minimum atomic E-state index is -0.0306. The zero-order valence-corrected chi connectivity index (χ0v) is 11.6.